The summed E-state index contributed by atoms with van der Waals surface area (Å²) in [6, 6.07) is 16.1. The number of carbonyl (C=O) groups is 1. The number of anilines is 1. The Morgan fingerprint density at radius 1 is 1.03 bits per heavy atom. The highest BCUT2D eigenvalue weighted by molar-refractivity contribution is 6.33. The first-order valence-electron chi connectivity index (χ1n) is 9.19. The number of benzene rings is 3. The van der Waals surface area contributed by atoms with Gasteiger partial charge in [-0.2, -0.15) is 0 Å². The molecule has 7 heteroatoms. The monoisotopic (exact) mass is 445 g/mol. The minimum Gasteiger partial charge on any atom is -0.493 e. The van der Waals surface area contributed by atoms with Crippen molar-refractivity contribution in [3.05, 3.63) is 86.9 Å². The fraction of sp³-hybridized carbons (Fsp3) is 0.174. The largest absolute Gasteiger partial charge is 0.493 e. The van der Waals surface area contributed by atoms with Crippen LogP contribution in [0.15, 0.2) is 54.6 Å². The van der Waals surface area contributed by atoms with Gasteiger partial charge in [0.1, 0.15) is 6.61 Å². The smallest absolute Gasteiger partial charge is 0.335 e. The zero-order chi connectivity index (χ0) is 21.7. The van der Waals surface area contributed by atoms with Gasteiger partial charge in [-0.05, 0) is 48.4 Å². The molecular formula is C23H21Cl2NO4. The van der Waals surface area contributed by atoms with Crippen LogP contribution in [0.4, 0.5) is 5.69 Å². The fourth-order valence-corrected chi connectivity index (χ4v) is 3.44. The van der Waals surface area contributed by atoms with Gasteiger partial charge in [0.15, 0.2) is 11.5 Å². The Kier molecular flexibility index (Phi) is 7.08. The van der Waals surface area contributed by atoms with E-state index in [1.54, 1.807) is 19.2 Å². The molecule has 5 nitrogen and oxygen atoms in total. The molecule has 0 saturated heterocycles. The highest BCUT2D eigenvalue weighted by Crippen LogP contribution is 2.37. The lowest BCUT2D eigenvalue weighted by Crippen LogP contribution is -2.04. The zero-order valence-electron chi connectivity index (χ0n) is 16.5. The number of aromatic carboxylic acids is 1. The number of halogens is 2. The summed E-state index contributed by atoms with van der Waals surface area (Å²) in [7, 11) is 1.55. The number of hydrogen-bond acceptors (Lipinski definition) is 4. The fourth-order valence-electron chi connectivity index (χ4n) is 2.96. The minimum atomic E-state index is -1.02. The molecule has 0 unspecified atom stereocenters. The standard InChI is InChI=1S/C23H21Cl2NO4/c1-14-4-3-5-15(8-14)13-30-22-19(25)9-16(10-21(22)29-2)12-26-20-11-17(23(27)28)6-7-18(20)24/h3-11,26H,12-13H2,1-2H3,(H,27,28). The van der Waals surface area contributed by atoms with Crippen molar-refractivity contribution in [2.45, 2.75) is 20.1 Å². The average Bonchev–Trinajstić information content (AvgIpc) is 2.71. The molecule has 0 heterocycles. The highest BCUT2D eigenvalue weighted by atomic mass is 35.5. The van der Waals surface area contributed by atoms with Crippen LogP contribution < -0.4 is 14.8 Å². The molecule has 0 aromatic heterocycles. The van der Waals surface area contributed by atoms with E-state index >= 15 is 0 Å². The summed E-state index contributed by atoms with van der Waals surface area (Å²) in [5, 5.41) is 13.1. The van der Waals surface area contributed by atoms with Crippen molar-refractivity contribution < 1.29 is 19.4 Å². The van der Waals surface area contributed by atoms with Crippen LogP contribution in [-0.4, -0.2) is 18.2 Å². The first kappa shape index (κ1) is 21.8. The normalized spacial score (nSPS) is 10.5. The van der Waals surface area contributed by atoms with Crippen molar-refractivity contribution in [2.24, 2.45) is 0 Å². The van der Waals surface area contributed by atoms with Crippen LogP contribution in [0.3, 0.4) is 0 Å². The Morgan fingerprint density at radius 2 is 1.83 bits per heavy atom. The summed E-state index contributed by atoms with van der Waals surface area (Å²) in [6.45, 7) is 2.77. The number of rotatable bonds is 8. The molecule has 0 aliphatic carbocycles. The third kappa shape index (κ3) is 5.38. The van der Waals surface area contributed by atoms with Gasteiger partial charge in [-0.25, -0.2) is 4.79 Å². The Hall–Kier alpha value is -2.89. The number of ether oxygens (including phenoxy) is 2. The molecule has 156 valence electrons. The summed E-state index contributed by atoms with van der Waals surface area (Å²) < 4.78 is 11.4. The first-order chi connectivity index (χ1) is 14.4. The summed E-state index contributed by atoms with van der Waals surface area (Å²) in [4.78, 5) is 11.2. The van der Waals surface area contributed by atoms with E-state index in [0.29, 0.717) is 40.4 Å². The van der Waals surface area contributed by atoms with Crippen molar-refractivity contribution in [1.82, 2.24) is 0 Å². The molecule has 0 aliphatic heterocycles. The molecule has 30 heavy (non-hydrogen) atoms. The molecule has 2 N–H and O–H groups in total. The van der Waals surface area contributed by atoms with Gasteiger partial charge in [-0.1, -0.05) is 53.0 Å². The molecule has 0 atom stereocenters. The van der Waals surface area contributed by atoms with E-state index in [1.165, 1.54) is 12.1 Å². The van der Waals surface area contributed by atoms with Crippen LogP contribution in [0.1, 0.15) is 27.0 Å². The number of nitrogens with one attached hydrogen (secondary N) is 1. The first-order valence-corrected chi connectivity index (χ1v) is 9.94. The van der Waals surface area contributed by atoms with Gasteiger partial charge >= 0.3 is 5.97 Å². The molecule has 0 bridgehead atoms. The number of aryl methyl sites for hydroxylation is 1. The molecule has 0 radical (unpaired) electrons. The Bertz CT molecular complexity index is 1070. The maximum Gasteiger partial charge on any atom is 0.335 e. The number of carboxylic acids is 1. The maximum absolute atomic E-state index is 11.2. The second-order valence-electron chi connectivity index (χ2n) is 6.74. The van der Waals surface area contributed by atoms with E-state index in [4.69, 9.17) is 37.8 Å². The third-order valence-corrected chi connectivity index (χ3v) is 5.06. The maximum atomic E-state index is 11.2. The van der Waals surface area contributed by atoms with Crippen molar-refractivity contribution >= 4 is 34.9 Å². The molecule has 0 saturated carbocycles. The second-order valence-corrected chi connectivity index (χ2v) is 7.55. The lowest BCUT2D eigenvalue weighted by atomic mass is 10.1. The van der Waals surface area contributed by atoms with Crippen LogP contribution in [0, 0.1) is 6.92 Å². The molecule has 0 amide bonds. The summed E-state index contributed by atoms with van der Waals surface area (Å²) >= 11 is 12.6. The summed E-state index contributed by atoms with van der Waals surface area (Å²) in [5.41, 5.74) is 3.69. The highest BCUT2D eigenvalue weighted by Gasteiger charge is 2.13. The quantitative estimate of drug-likeness (QED) is 0.431. The Labute approximate surface area is 185 Å². The molecule has 0 spiro atoms. The zero-order valence-corrected chi connectivity index (χ0v) is 18.1. The van der Waals surface area contributed by atoms with Gasteiger partial charge < -0.3 is 19.9 Å². The molecule has 3 aromatic rings. The van der Waals surface area contributed by atoms with Gasteiger partial charge in [0.05, 0.1) is 28.4 Å². The lowest BCUT2D eigenvalue weighted by molar-refractivity contribution is 0.0697. The molecule has 3 rings (SSSR count). The third-order valence-electron chi connectivity index (χ3n) is 4.45. The summed E-state index contributed by atoms with van der Waals surface area (Å²) in [5.74, 6) is -0.0396. The van der Waals surface area contributed by atoms with Crippen molar-refractivity contribution in [1.29, 1.82) is 0 Å². The van der Waals surface area contributed by atoms with Gasteiger partial charge in [-0.3, -0.25) is 0 Å². The van der Waals surface area contributed by atoms with Crippen LogP contribution >= 0.6 is 23.2 Å². The molecule has 0 fully saturated rings. The Balaban J connectivity index is 1.75. The van der Waals surface area contributed by atoms with E-state index in [9.17, 15) is 4.79 Å². The number of methoxy groups -OCH3 is 1. The molecule has 0 aliphatic rings. The predicted molar refractivity (Wildman–Crippen MR) is 119 cm³/mol. The van der Waals surface area contributed by atoms with Crippen LogP contribution in [0.2, 0.25) is 10.0 Å². The van der Waals surface area contributed by atoms with E-state index in [1.807, 2.05) is 37.3 Å². The second kappa shape index (κ2) is 9.74. The van der Waals surface area contributed by atoms with E-state index in [2.05, 4.69) is 5.32 Å². The van der Waals surface area contributed by atoms with E-state index in [0.717, 1.165) is 16.7 Å². The van der Waals surface area contributed by atoms with Gasteiger partial charge in [0.2, 0.25) is 0 Å². The summed E-state index contributed by atoms with van der Waals surface area (Å²) in [6.07, 6.45) is 0. The van der Waals surface area contributed by atoms with Gasteiger partial charge in [0.25, 0.3) is 0 Å². The predicted octanol–water partition coefficient (Wildman–Crippen LogP) is 6.20. The Morgan fingerprint density at radius 3 is 2.53 bits per heavy atom. The number of carboxylic acid groups (broad SMARTS) is 1. The minimum absolute atomic E-state index is 0.150. The molecular weight excluding hydrogens is 425 g/mol. The van der Waals surface area contributed by atoms with Crippen LogP contribution in [0.5, 0.6) is 11.5 Å². The van der Waals surface area contributed by atoms with Gasteiger partial charge in [-0.15, -0.1) is 0 Å². The number of hydrogen-bond donors (Lipinski definition) is 2. The average molecular weight is 446 g/mol. The molecule has 3 aromatic carbocycles. The lowest BCUT2D eigenvalue weighted by Gasteiger charge is -2.15. The van der Waals surface area contributed by atoms with Crippen LogP contribution in [-0.2, 0) is 13.2 Å². The van der Waals surface area contributed by atoms with E-state index in [-0.39, 0.29) is 5.56 Å². The van der Waals surface area contributed by atoms with Gasteiger partial charge in [0, 0.05) is 6.54 Å². The SMILES string of the molecule is COc1cc(CNc2cc(C(=O)O)ccc2Cl)cc(Cl)c1OCc1cccc(C)c1. The van der Waals surface area contributed by atoms with Crippen molar-refractivity contribution in [3.8, 4) is 11.5 Å². The topological polar surface area (TPSA) is 67.8 Å². The van der Waals surface area contributed by atoms with Crippen molar-refractivity contribution in [2.75, 3.05) is 12.4 Å². The van der Waals surface area contributed by atoms with Crippen LogP contribution in [0.25, 0.3) is 0 Å². The van der Waals surface area contributed by atoms with E-state index < -0.39 is 5.97 Å². The van der Waals surface area contributed by atoms with Crippen molar-refractivity contribution in [3.63, 3.8) is 0 Å².